The van der Waals surface area contributed by atoms with Crippen molar-refractivity contribution in [1.82, 2.24) is 10.3 Å². The SMILES string of the molecule is NC(=O)CCCC(NCc1c2ccccc2nc2ccccc12)C(=O)O. The fourth-order valence-electron chi connectivity index (χ4n) is 3.14. The Hall–Kier alpha value is -2.99. The number of primary amides is 1. The van der Waals surface area contributed by atoms with Crippen LogP contribution in [0.3, 0.4) is 0 Å². The van der Waals surface area contributed by atoms with Crippen LogP contribution in [0.5, 0.6) is 0 Å². The average molecular weight is 351 g/mol. The molecule has 1 atom stereocenters. The molecule has 0 aliphatic heterocycles. The van der Waals surface area contributed by atoms with Gasteiger partial charge >= 0.3 is 5.97 Å². The molecule has 0 bridgehead atoms. The van der Waals surface area contributed by atoms with Crippen molar-refractivity contribution in [3.8, 4) is 0 Å². The number of pyridine rings is 1. The van der Waals surface area contributed by atoms with Gasteiger partial charge in [-0.25, -0.2) is 4.98 Å². The van der Waals surface area contributed by atoms with E-state index in [1.807, 2.05) is 48.5 Å². The van der Waals surface area contributed by atoms with Gasteiger partial charge in [0.25, 0.3) is 0 Å². The van der Waals surface area contributed by atoms with E-state index in [0.717, 1.165) is 27.4 Å². The summed E-state index contributed by atoms with van der Waals surface area (Å²) in [6, 6.07) is 14.9. The zero-order valence-corrected chi connectivity index (χ0v) is 14.3. The van der Waals surface area contributed by atoms with Crippen LogP contribution in [-0.2, 0) is 16.1 Å². The normalized spacial score (nSPS) is 12.3. The van der Waals surface area contributed by atoms with Crippen molar-refractivity contribution in [2.24, 2.45) is 5.73 Å². The maximum Gasteiger partial charge on any atom is 0.320 e. The lowest BCUT2D eigenvalue weighted by Gasteiger charge is -2.16. The van der Waals surface area contributed by atoms with Crippen LogP contribution in [0, 0.1) is 0 Å². The highest BCUT2D eigenvalue weighted by Crippen LogP contribution is 2.26. The van der Waals surface area contributed by atoms with Crippen LogP contribution >= 0.6 is 0 Å². The number of rotatable bonds is 8. The van der Waals surface area contributed by atoms with E-state index in [4.69, 9.17) is 5.73 Å². The van der Waals surface area contributed by atoms with E-state index in [2.05, 4.69) is 10.3 Å². The minimum atomic E-state index is -0.933. The lowest BCUT2D eigenvalue weighted by molar-refractivity contribution is -0.139. The van der Waals surface area contributed by atoms with E-state index in [1.54, 1.807) is 0 Å². The second-order valence-corrected chi connectivity index (χ2v) is 6.25. The number of aromatic nitrogens is 1. The Kier molecular flexibility index (Phi) is 5.43. The standard InChI is InChI=1S/C20H21N3O3/c21-19(24)11-5-10-18(20(25)26)22-12-15-13-6-1-3-8-16(13)23-17-9-4-2-7-14(15)17/h1-4,6-9,18,22H,5,10-12H2,(H2,21,24)(H,25,26). The summed E-state index contributed by atoms with van der Waals surface area (Å²) in [7, 11) is 0. The molecule has 0 aliphatic rings. The molecule has 3 rings (SSSR count). The van der Waals surface area contributed by atoms with Gasteiger partial charge in [-0.3, -0.25) is 9.59 Å². The molecule has 4 N–H and O–H groups in total. The Balaban J connectivity index is 1.88. The van der Waals surface area contributed by atoms with Gasteiger partial charge in [-0.1, -0.05) is 36.4 Å². The van der Waals surface area contributed by atoms with E-state index >= 15 is 0 Å². The van der Waals surface area contributed by atoms with Crippen LogP contribution in [0.25, 0.3) is 21.8 Å². The zero-order chi connectivity index (χ0) is 18.5. The predicted octanol–water partition coefficient (Wildman–Crippen LogP) is 2.59. The van der Waals surface area contributed by atoms with Crippen LogP contribution < -0.4 is 11.1 Å². The number of aliphatic carboxylic acids is 1. The number of carbonyl (C=O) groups excluding carboxylic acids is 1. The molecular weight excluding hydrogens is 330 g/mol. The van der Waals surface area contributed by atoms with Crippen LogP contribution in [0.4, 0.5) is 0 Å². The summed E-state index contributed by atoms with van der Waals surface area (Å²) in [5.41, 5.74) is 7.91. The summed E-state index contributed by atoms with van der Waals surface area (Å²) in [6.45, 7) is 0.400. The Morgan fingerprint density at radius 1 is 1.04 bits per heavy atom. The first kappa shape index (κ1) is 17.8. The number of nitrogens with one attached hydrogen (secondary N) is 1. The fourth-order valence-corrected chi connectivity index (χ4v) is 3.14. The van der Waals surface area contributed by atoms with E-state index < -0.39 is 17.9 Å². The van der Waals surface area contributed by atoms with Gasteiger partial charge in [0.1, 0.15) is 6.04 Å². The molecule has 0 fully saturated rings. The first-order valence-corrected chi connectivity index (χ1v) is 8.57. The highest BCUT2D eigenvalue weighted by Gasteiger charge is 2.18. The minimum absolute atomic E-state index is 0.187. The van der Waals surface area contributed by atoms with Crippen molar-refractivity contribution in [3.63, 3.8) is 0 Å². The number of carboxylic acid groups (broad SMARTS) is 1. The van der Waals surface area contributed by atoms with E-state index in [1.165, 1.54) is 0 Å². The number of benzene rings is 2. The molecule has 1 amide bonds. The molecule has 1 heterocycles. The molecule has 0 spiro atoms. The number of hydrogen-bond donors (Lipinski definition) is 3. The van der Waals surface area contributed by atoms with Crippen molar-refractivity contribution in [1.29, 1.82) is 0 Å². The highest BCUT2D eigenvalue weighted by atomic mass is 16.4. The summed E-state index contributed by atoms with van der Waals surface area (Å²) in [5.74, 6) is -1.35. The van der Waals surface area contributed by atoms with Gasteiger partial charge in [-0.2, -0.15) is 0 Å². The number of carboxylic acids is 1. The first-order valence-electron chi connectivity index (χ1n) is 8.57. The maximum atomic E-state index is 11.5. The van der Waals surface area contributed by atoms with Gasteiger partial charge < -0.3 is 16.2 Å². The lowest BCUT2D eigenvalue weighted by Crippen LogP contribution is -2.36. The Labute approximate surface area is 151 Å². The molecule has 3 aromatic rings. The first-order chi connectivity index (χ1) is 12.6. The summed E-state index contributed by atoms with van der Waals surface area (Å²) in [5, 5.41) is 14.6. The number of para-hydroxylation sites is 2. The third-order valence-corrected chi connectivity index (χ3v) is 4.44. The van der Waals surface area contributed by atoms with Crippen LogP contribution in [0.15, 0.2) is 48.5 Å². The molecule has 0 saturated carbocycles. The molecule has 2 aromatic carbocycles. The fraction of sp³-hybridized carbons (Fsp3) is 0.250. The Morgan fingerprint density at radius 2 is 1.62 bits per heavy atom. The number of amides is 1. The van der Waals surface area contributed by atoms with Gasteiger partial charge in [-0.15, -0.1) is 0 Å². The number of nitrogens with zero attached hydrogens (tertiary/aromatic N) is 1. The van der Waals surface area contributed by atoms with Crippen molar-refractivity contribution in [3.05, 3.63) is 54.1 Å². The van der Waals surface area contributed by atoms with Gasteiger partial charge in [0, 0.05) is 23.7 Å². The molecular formula is C20H21N3O3. The monoisotopic (exact) mass is 351 g/mol. The van der Waals surface area contributed by atoms with Crippen molar-refractivity contribution in [2.75, 3.05) is 0 Å². The van der Waals surface area contributed by atoms with Crippen molar-refractivity contribution >= 4 is 33.7 Å². The van der Waals surface area contributed by atoms with Crippen LogP contribution in [-0.4, -0.2) is 28.0 Å². The molecule has 26 heavy (non-hydrogen) atoms. The number of hydrogen-bond acceptors (Lipinski definition) is 4. The summed E-state index contributed by atoms with van der Waals surface area (Å²) in [4.78, 5) is 27.1. The number of nitrogens with two attached hydrogens (primary N) is 1. The van der Waals surface area contributed by atoms with Crippen LogP contribution in [0.1, 0.15) is 24.8 Å². The topological polar surface area (TPSA) is 105 Å². The van der Waals surface area contributed by atoms with Crippen molar-refractivity contribution in [2.45, 2.75) is 31.8 Å². The second kappa shape index (κ2) is 7.93. The molecule has 1 unspecified atom stereocenters. The summed E-state index contributed by atoms with van der Waals surface area (Å²) in [6.07, 6.45) is 0.975. The molecule has 0 saturated heterocycles. The van der Waals surface area contributed by atoms with Gasteiger partial charge in [0.05, 0.1) is 11.0 Å². The molecule has 6 nitrogen and oxygen atoms in total. The third-order valence-electron chi connectivity index (χ3n) is 4.44. The molecule has 1 aromatic heterocycles. The van der Waals surface area contributed by atoms with Gasteiger partial charge in [0.15, 0.2) is 0 Å². The van der Waals surface area contributed by atoms with Gasteiger partial charge in [0.2, 0.25) is 5.91 Å². The highest BCUT2D eigenvalue weighted by molar-refractivity contribution is 5.97. The quantitative estimate of drug-likeness (QED) is 0.541. The van der Waals surface area contributed by atoms with Gasteiger partial charge in [-0.05, 0) is 30.5 Å². The molecule has 134 valence electrons. The Morgan fingerprint density at radius 3 is 2.15 bits per heavy atom. The van der Waals surface area contributed by atoms with Crippen LogP contribution in [0.2, 0.25) is 0 Å². The predicted molar refractivity (Wildman–Crippen MR) is 101 cm³/mol. The molecule has 0 radical (unpaired) electrons. The van der Waals surface area contributed by atoms with E-state index in [0.29, 0.717) is 19.4 Å². The Bertz CT molecular complexity index is 901. The third kappa shape index (κ3) is 3.97. The smallest absolute Gasteiger partial charge is 0.320 e. The zero-order valence-electron chi connectivity index (χ0n) is 14.3. The maximum absolute atomic E-state index is 11.5. The lowest BCUT2D eigenvalue weighted by atomic mass is 10.0. The average Bonchev–Trinajstić information content (AvgIpc) is 2.62. The minimum Gasteiger partial charge on any atom is -0.480 e. The van der Waals surface area contributed by atoms with Crippen molar-refractivity contribution < 1.29 is 14.7 Å². The second-order valence-electron chi connectivity index (χ2n) is 6.25. The number of fused-ring (bicyclic) bond motifs is 2. The molecule has 6 heteroatoms. The van der Waals surface area contributed by atoms with E-state index in [9.17, 15) is 14.7 Å². The summed E-state index contributed by atoms with van der Waals surface area (Å²) < 4.78 is 0. The molecule has 0 aliphatic carbocycles. The van der Waals surface area contributed by atoms with E-state index in [-0.39, 0.29) is 6.42 Å². The number of carbonyl (C=O) groups is 2. The summed E-state index contributed by atoms with van der Waals surface area (Å²) >= 11 is 0. The largest absolute Gasteiger partial charge is 0.480 e.